The first kappa shape index (κ1) is 26.1. The average molecular weight is 495 g/mol. The van der Waals surface area contributed by atoms with E-state index < -0.39 is 25.2 Å². The number of benzene rings is 3. The molecule has 0 saturated carbocycles. The van der Waals surface area contributed by atoms with E-state index in [-0.39, 0.29) is 0 Å². The molecule has 3 aromatic carbocycles. The second-order valence-corrected chi connectivity index (χ2v) is 16.2. The van der Waals surface area contributed by atoms with E-state index in [0.717, 1.165) is 38.3 Å². The molecule has 37 heavy (non-hydrogen) atoms. The van der Waals surface area contributed by atoms with Crippen molar-refractivity contribution < 1.29 is 4.42 Å². The van der Waals surface area contributed by atoms with Gasteiger partial charge in [0.1, 0.15) is 11.2 Å². The Morgan fingerprint density at radius 3 is 2.05 bits per heavy atom. The van der Waals surface area contributed by atoms with Crippen molar-refractivity contribution in [3.63, 3.8) is 0 Å². The monoisotopic (exact) mass is 495 g/mol. The molecule has 0 amide bonds. The maximum atomic E-state index is 6.86. The van der Waals surface area contributed by atoms with Crippen molar-refractivity contribution >= 4 is 74.1 Å². The summed E-state index contributed by atoms with van der Waals surface area (Å²) in [7, 11) is 25.8. The molecule has 2 nitrogen and oxygen atoms in total. The molecule has 0 fully saturated rings. The lowest BCUT2D eigenvalue weighted by molar-refractivity contribution is 0.357. The largest absolute Gasteiger partial charge is 0.455 e. The zero-order chi connectivity index (χ0) is 27.0. The zero-order valence-electron chi connectivity index (χ0n) is 22.4. The van der Waals surface area contributed by atoms with Crippen molar-refractivity contribution in [2.75, 3.05) is 18.8 Å². The molecule has 5 aromatic rings. The van der Waals surface area contributed by atoms with Crippen LogP contribution < -0.4 is 0 Å². The first-order valence-electron chi connectivity index (χ1n) is 12.3. The van der Waals surface area contributed by atoms with E-state index in [1.807, 2.05) is 51.1 Å². The van der Waals surface area contributed by atoms with Gasteiger partial charge >= 0.3 is 0 Å². The Balaban J connectivity index is 1.81. The summed E-state index contributed by atoms with van der Waals surface area (Å²) in [5.74, 6) is 0. The number of furan rings is 1. The molecular formula is C30H29B4NOS. The van der Waals surface area contributed by atoms with E-state index in [0.29, 0.717) is 16.8 Å². The third kappa shape index (κ3) is 4.05. The van der Waals surface area contributed by atoms with E-state index in [4.69, 9.17) is 40.8 Å². The Morgan fingerprint density at radius 2 is 1.38 bits per heavy atom. The summed E-state index contributed by atoms with van der Waals surface area (Å²) < 4.78 is 5.42. The van der Waals surface area contributed by atoms with Crippen LogP contribution in [-0.4, -0.2) is 55.1 Å². The second-order valence-electron chi connectivity index (χ2n) is 11.8. The summed E-state index contributed by atoms with van der Waals surface area (Å²) in [6.45, 7) is 6.04. The van der Waals surface area contributed by atoms with Crippen LogP contribution in [0.1, 0.15) is 31.9 Å². The predicted octanol–water partition coefficient (Wildman–Crippen LogP) is 6.48. The number of nitrogens with zero attached hydrogens (tertiary/aromatic N) is 1. The number of rotatable bonds is 4. The van der Waals surface area contributed by atoms with Crippen LogP contribution in [0.4, 0.5) is 0 Å². The molecule has 0 bridgehead atoms. The van der Waals surface area contributed by atoms with E-state index in [1.54, 1.807) is 6.20 Å². The number of fused-ring (bicyclic) bond motifs is 5. The van der Waals surface area contributed by atoms with Gasteiger partial charge in [-0.1, -0.05) is 74.0 Å². The summed E-state index contributed by atoms with van der Waals surface area (Å²) >= 11 is 0. The maximum Gasteiger partial charge on any atom is 0.144 e. The molecule has 0 aliphatic heterocycles. The smallest absolute Gasteiger partial charge is 0.144 e. The minimum Gasteiger partial charge on any atom is -0.455 e. The van der Waals surface area contributed by atoms with E-state index in [1.165, 1.54) is 0 Å². The lowest BCUT2D eigenvalue weighted by Crippen LogP contribution is -2.45. The van der Waals surface area contributed by atoms with Gasteiger partial charge in [-0.3, -0.25) is 15.0 Å². The number of aromatic nitrogens is 1. The Morgan fingerprint density at radius 1 is 0.730 bits per heavy atom. The van der Waals surface area contributed by atoms with Crippen molar-refractivity contribution in [2.45, 2.75) is 30.5 Å². The zero-order valence-corrected chi connectivity index (χ0v) is 23.2. The van der Waals surface area contributed by atoms with Gasteiger partial charge in [0, 0.05) is 27.9 Å². The normalized spacial score (nSPS) is 14.0. The van der Waals surface area contributed by atoms with E-state index in [2.05, 4.69) is 49.1 Å². The number of hydrogen-bond acceptors (Lipinski definition) is 2. The fourth-order valence-corrected chi connectivity index (χ4v) is 5.54. The molecule has 0 spiro atoms. The summed E-state index contributed by atoms with van der Waals surface area (Å²) in [5, 5.41) is 3.08. The average Bonchev–Trinajstić information content (AvgIpc) is 3.21. The van der Waals surface area contributed by atoms with Gasteiger partial charge in [0.05, 0.1) is 37.1 Å². The van der Waals surface area contributed by atoms with Crippen molar-refractivity contribution in [2.24, 2.45) is 5.41 Å². The fourth-order valence-electron chi connectivity index (χ4n) is 4.72. The highest BCUT2D eigenvalue weighted by atomic mass is 32.3. The Labute approximate surface area is 226 Å². The number of pyridine rings is 1. The van der Waals surface area contributed by atoms with Crippen LogP contribution in [0.2, 0.25) is 0 Å². The third-order valence-electron chi connectivity index (χ3n) is 7.69. The summed E-state index contributed by atoms with van der Waals surface area (Å²) in [4.78, 5) is 4.85. The van der Waals surface area contributed by atoms with Gasteiger partial charge < -0.3 is 4.42 Å². The van der Waals surface area contributed by atoms with Gasteiger partial charge in [-0.25, -0.2) is 0 Å². The minimum absolute atomic E-state index is 0.478. The Kier molecular flexibility index (Phi) is 5.99. The first-order valence-corrected chi connectivity index (χ1v) is 15.2. The third-order valence-corrected chi connectivity index (χ3v) is 9.94. The standard InChI is InChI=1S/C30H29B4NOS/c1-28(2,3)29(31,32)23-16-25(35-17-24(23)30(33,34)37(4,5)6)22-13-9-12-20-21-15-14-18-10-7-8-11-19(18)26(21)36-27(20)22/h7-17H,1-6H3. The molecule has 0 atom stereocenters. The van der Waals surface area contributed by atoms with Crippen LogP contribution in [0.3, 0.4) is 0 Å². The van der Waals surface area contributed by atoms with Gasteiger partial charge in [-0.05, 0) is 57.9 Å². The highest BCUT2D eigenvalue weighted by Crippen LogP contribution is 2.55. The van der Waals surface area contributed by atoms with Crippen molar-refractivity contribution in [1.82, 2.24) is 4.98 Å². The molecule has 8 radical (unpaired) electrons. The van der Waals surface area contributed by atoms with E-state index in [9.17, 15) is 0 Å². The molecule has 2 aromatic heterocycles. The quantitative estimate of drug-likeness (QED) is 0.267. The van der Waals surface area contributed by atoms with Gasteiger partial charge in [-0.2, -0.15) is 0 Å². The highest BCUT2D eigenvalue weighted by Gasteiger charge is 2.40. The molecule has 2 heterocycles. The van der Waals surface area contributed by atoms with E-state index >= 15 is 0 Å². The maximum absolute atomic E-state index is 6.86. The van der Waals surface area contributed by atoms with Crippen LogP contribution in [0.25, 0.3) is 44.0 Å². The molecule has 0 saturated heterocycles. The SMILES string of the molecule is [B]C([B])(c1cc(-c2cccc3c2oc2c4ccccc4ccc32)ncc1C([B])([B])S(C)(C)C)C(C)(C)C. The topological polar surface area (TPSA) is 26.0 Å². The fraction of sp³-hybridized carbons (Fsp3) is 0.300. The predicted molar refractivity (Wildman–Crippen MR) is 166 cm³/mol. The van der Waals surface area contributed by atoms with Crippen molar-refractivity contribution in [3.8, 4) is 11.3 Å². The van der Waals surface area contributed by atoms with Crippen LogP contribution >= 0.6 is 10.0 Å². The molecule has 7 heteroatoms. The van der Waals surface area contributed by atoms with Gasteiger partial charge in [0.15, 0.2) is 0 Å². The Hall–Kier alpha value is -2.52. The first-order chi connectivity index (χ1) is 17.1. The van der Waals surface area contributed by atoms with Crippen molar-refractivity contribution in [3.05, 3.63) is 78.0 Å². The van der Waals surface area contributed by atoms with Gasteiger partial charge in [-0.15, -0.1) is 0 Å². The van der Waals surface area contributed by atoms with Crippen LogP contribution in [0, 0.1) is 5.41 Å². The van der Waals surface area contributed by atoms with Crippen molar-refractivity contribution in [1.29, 1.82) is 0 Å². The minimum atomic E-state index is -1.45. The lowest BCUT2D eigenvalue weighted by Gasteiger charge is -2.50. The molecule has 5 rings (SSSR count). The molecule has 178 valence electrons. The highest BCUT2D eigenvalue weighted by molar-refractivity contribution is 8.34. The van der Waals surface area contributed by atoms with Crippen LogP contribution in [0.5, 0.6) is 0 Å². The molecule has 0 aliphatic rings. The molecular weight excluding hydrogens is 466 g/mol. The molecule has 0 unspecified atom stereocenters. The molecule has 0 N–H and O–H groups in total. The van der Waals surface area contributed by atoms with Gasteiger partial charge in [0.25, 0.3) is 0 Å². The summed E-state index contributed by atoms with van der Waals surface area (Å²) in [5.41, 5.74) is 4.07. The molecule has 0 aliphatic carbocycles. The Bertz CT molecular complexity index is 1660. The van der Waals surface area contributed by atoms with Crippen LogP contribution in [-0.2, 0) is 9.76 Å². The number of hydrogen-bond donors (Lipinski definition) is 0. The van der Waals surface area contributed by atoms with Crippen LogP contribution in [0.15, 0.2) is 71.3 Å². The second kappa shape index (κ2) is 8.49. The lowest BCUT2D eigenvalue weighted by atomic mass is 9.39. The van der Waals surface area contributed by atoms with Gasteiger partial charge in [0.2, 0.25) is 0 Å². The number of para-hydroxylation sites is 1. The summed E-state index contributed by atoms with van der Waals surface area (Å²) in [6.07, 6.45) is 7.99. The summed E-state index contributed by atoms with van der Waals surface area (Å²) in [6, 6.07) is 20.5.